The van der Waals surface area contributed by atoms with Crippen LogP contribution in [0.1, 0.15) is 38.2 Å². The van der Waals surface area contributed by atoms with Crippen molar-refractivity contribution in [3.8, 4) is 17.2 Å². The topological polar surface area (TPSA) is 86.7 Å². The number of ether oxygens (including phenoxy) is 1. The van der Waals surface area contributed by atoms with E-state index in [0.717, 1.165) is 25.7 Å². The van der Waals surface area contributed by atoms with Crippen LogP contribution < -0.4 is 61.2 Å². The van der Waals surface area contributed by atoms with E-state index < -0.39 is 10.1 Å². The Morgan fingerprint density at radius 1 is 1.08 bits per heavy atom. The molecule has 1 N–H and O–H groups in total. The van der Waals surface area contributed by atoms with Gasteiger partial charge >= 0.3 is 51.4 Å². The summed E-state index contributed by atoms with van der Waals surface area (Å²) in [6, 6.07) is 10.6. The number of benzene rings is 2. The first-order valence-corrected chi connectivity index (χ1v) is 9.40. The van der Waals surface area contributed by atoms with Crippen LogP contribution in [0.15, 0.2) is 47.4 Å². The van der Waals surface area contributed by atoms with E-state index in [9.17, 15) is 18.1 Å². The average Bonchev–Trinajstić information content (AvgIpc) is 2.54. The van der Waals surface area contributed by atoms with E-state index in [-0.39, 0.29) is 73.5 Å². The predicted octanol–water partition coefficient (Wildman–Crippen LogP) is 0.926. The monoisotopic (exact) mass is 388 g/mol. The van der Waals surface area contributed by atoms with Crippen molar-refractivity contribution in [1.82, 2.24) is 0 Å². The summed E-state index contributed by atoms with van der Waals surface area (Å²) in [4.78, 5) is -0.167. The summed E-state index contributed by atoms with van der Waals surface area (Å²) in [5, 5.41) is 11.7. The minimum absolute atomic E-state index is 0. The summed E-state index contributed by atoms with van der Waals surface area (Å²) >= 11 is 0. The van der Waals surface area contributed by atoms with Crippen molar-refractivity contribution < 1.29 is 74.2 Å². The summed E-state index contributed by atoms with van der Waals surface area (Å²) < 4.78 is 38.2. The molecule has 0 saturated carbocycles. The van der Waals surface area contributed by atoms with Crippen molar-refractivity contribution in [3.63, 3.8) is 0 Å². The molecule has 2 rings (SSSR count). The van der Waals surface area contributed by atoms with E-state index >= 15 is 0 Å². The Hall–Kier alpha value is -0.414. The second-order valence-electron chi connectivity index (χ2n) is 5.60. The largest absolute Gasteiger partial charge is 1.00 e. The first-order valence-electron chi connectivity index (χ1n) is 7.96. The maximum Gasteiger partial charge on any atom is 1.00 e. The van der Waals surface area contributed by atoms with Gasteiger partial charge in [-0.3, -0.25) is 4.55 Å². The molecule has 0 amide bonds. The molecule has 2 aromatic rings. The van der Waals surface area contributed by atoms with Gasteiger partial charge in [-0.1, -0.05) is 56.2 Å². The summed E-state index contributed by atoms with van der Waals surface area (Å²) in [6.45, 7) is 2.10. The SMILES string of the molecule is CCCCCCc1ccc(Oc2ccccc2[O-])cc1S(=O)(=O)O.[K+]. The second kappa shape index (κ2) is 10.7. The number of para-hydroxylation sites is 2. The molecule has 0 unspecified atom stereocenters. The maximum atomic E-state index is 11.7. The molecule has 2 aromatic carbocycles. The van der Waals surface area contributed by atoms with Gasteiger partial charge in [0.05, 0.1) is 0 Å². The third-order valence-corrected chi connectivity index (χ3v) is 4.63. The third-order valence-electron chi connectivity index (χ3n) is 3.69. The van der Waals surface area contributed by atoms with Crippen LogP contribution in [-0.2, 0) is 16.5 Å². The van der Waals surface area contributed by atoms with Gasteiger partial charge in [-0.05, 0) is 30.5 Å². The van der Waals surface area contributed by atoms with E-state index in [4.69, 9.17) is 4.74 Å². The molecule has 0 bridgehead atoms. The fraction of sp³-hybridized carbons (Fsp3) is 0.333. The van der Waals surface area contributed by atoms with Crippen LogP contribution in [0, 0.1) is 0 Å². The molecule has 0 aromatic heterocycles. The molecule has 0 heterocycles. The summed E-state index contributed by atoms with van der Waals surface area (Å²) in [7, 11) is -4.36. The zero-order chi connectivity index (χ0) is 17.6. The minimum Gasteiger partial charge on any atom is -0.870 e. The Morgan fingerprint density at radius 2 is 1.80 bits per heavy atom. The number of aryl methyl sites for hydroxylation is 1. The van der Waals surface area contributed by atoms with Gasteiger partial charge in [0, 0.05) is 6.07 Å². The first-order chi connectivity index (χ1) is 11.4. The van der Waals surface area contributed by atoms with Gasteiger partial charge in [-0.15, -0.1) is 0 Å². The molecular formula is C18H21KO5S. The molecule has 0 aliphatic carbocycles. The predicted molar refractivity (Wildman–Crippen MR) is 90.1 cm³/mol. The molecule has 5 nitrogen and oxygen atoms in total. The molecular weight excluding hydrogens is 367 g/mol. The maximum absolute atomic E-state index is 11.7. The number of hydrogen-bond acceptors (Lipinski definition) is 4. The van der Waals surface area contributed by atoms with Crippen molar-refractivity contribution in [1.29, 1.82) is 0 Å². The zero-order valence-electron chi connectivity index (χ0n) is 14.6. The van der Waals surface area contributed by atoms with Gasteiger partial charge in [-0.2, -0.15) is 8.42 Å². The standard InChI is InChI=1S/C18H22O5S.K/c1-2-3-4-5-8-14-11-12-15(13-18(14)24(20,21)22)23-17-10-7-6-9-16(17)19;/h6-7,9-13,19H,2-5,8H2,1H3,(H,20,21,22);/q;+1/p-1. The minimum atomic E-state index is -4.36. The van der Waals surface area contributed by atoms with Gasteiger partial charge in [0.25, 0.3) is 10.1 Å². The molecule has 0 radical (unpaired) electrons. The fourth-order valence-corrected chi connectivity index (χ4v) is 3.22. The van der Waals surface area contributed by atoms with Gasteiger partial charge in [-0.25, -0.2) is 0 Å². The van der Waals surface area contributed by atoms with Crippen LogP contribution in [0.4, 0.5) is 0 Å². The number of hydrogen-bond donors (Lipinski definition) is 1. The number of unbranched alkanes of at least 4 members (excludes halogenated alkanes) is 3. The average molecular weight is 389 g/mol. The summed E-state index contributed by atoms with van der Waals surface area (Å²) in [5.74, 6) is 0.00673. The van der Waals surface area contributed by atoms with Gasteiger partial charge in [0.1, 0.15) is 16.4 Å². The van der Waals surface area contributed by atoms with Crippen LogP contribution in [0.5, 0.6) is 17.2 Å². The van der Waals surface area contributed by atoms with Crippen molar-refractivity contribution in [2.45, 2.75) is 43.9 Å². The second-order valence-corrected chi connectivity index (χ2v) is 6.99. The van der Waals surface area contributed by atoms with Crippen molar-refractivity contribution in [2.24, 2.45) is 0 Å². The normalized spacial score (nSPS) is 11.0. The van der Waals surface area contributed by atoms with Crippen LogP contribution in [-0.4, -0.2) is 13.0 Å². The van der Waals surface area contributed by atoms with Gasteiger partial charge in [0.15, 0.2) is 0 Å². The van der Waals surface area contributed by atoms with E-state index in [2.05, 4.69) is 6.92 Å². The molecule has 7 heteroatoms. The molecule has 0 fully saturated rings. The zero-order valence-corrected chi connectivity index (χ0v) is 18.5. The third kappa shape index (κ3) is 7.01. The Bertz CT molecular complexity index is 790. The van der Waals surface area contributed by atoms with Crippen molar-refractivity contribution >= 4 is 10.1 Å². The molecule has 130 valence electrons. The van der Waals surface area contributed by atoms with Crippen LogP contribution in [0.3, 0.4) is 0 Å². The van der Waals surface area contributed by atoms with Crippen LogP contribution in [0.25, 0.3) is 0 Å². The first kappa shape index (κ1) is 22.6. The number of rotatable bonds is 8. The summed E-state index contributed by atoms with van der Waals surface area (Å²) in [6.07, 6.45) is 4.59. The van der Waals surface area contributed by atoms with Gasteiger partial charge < -0.3 is 9.84 Å². The quantitative estimate of drug-likeness (QED) is 0.413. The Morgan fingerprint density at radius 3 is 2.44 bits per heavy atom. The molecule has 0 aliphatic rings. The Balaban J connectivity index is 0.00000312. The summed E-state index contributed by atoms with van der Waals surface area (Å²) in [5.41, 5.74) is 0.552. The van der Waals surface area contributed by atoms with E-state index in [1.54, 1.807) is 24.3 Å². The fourth-order valence-electron chi connectivity index (χ4n) is 2.45. The molecule has 0 saturated heterocycles. The van der Waals surface area contributed by atoms with Gasteiger partial charge in [0.2, 0.25) is 0 Å². The smallest absolute Gasteiger partial charge is 0.870 e. The molecule has 25 heavy (non-hydrogen) atoms. The van der Waals surface area contributed by atoms with Crippen molar-refractivity contribution in [2.75, 3.05) is 0 Å². The Labute approximate surface area is 191 Å². The molecule has 0 spiro atoms. The van der Waals surface area contributed by atoms with Crippen LogP contribution in [0.2, 0.25) is 0 Å². The van der Waals surface area contributed by atoms with E-state index in [0.29, 0.717) is 12.0 Å². The van der Waals surface area contributed by atoms with E-state index in [1.807, 2.05) is 0 Å². The van der Waals surface area contributed by atoms with E-state index in [1.165, 1.54) is 18.2 Å². The van der Waals surface area contributed by atoms with Crippen LogP contribution >= 0.6 is 0 Å². The molecule has 0 aliphatic heterocycles. The van der Waals surface area contributed by atoms with Crippen molar-refractivity contribution in [3.05, 3.63) is 48.0 Å². The molecule has 0 atom stereocenters. The Kier molecular flexibility index (Phi) is 9.65.